The summed E-state index contributed by atoms with van der Waals surface area (Å²) in [5.41, 5.74) is 11.8. The van der Waals surface area contributed by atoms with E-state index >= 15 is 0 Å². The lowest BCUT2D eigenvalue weighted by Gasteiger charge is -2.14. The number of anilines is 3. The van der Waals surface area contributed by atoms with Crippen LogP contribution in [0, 0.1) is 13.8 Å². The lowest BCUT2D eigenvalue weighted by molar-refractivity contribution is -0.111. The van der Waals surface area contributed by atoms with Gasteiger partial charge in [-0.2, -0.15) is 0 Å². The van der Waals surface area contributed by atoms with Gasteiger partial charge in [-0.25, -0.2) is 9.97 Å². The molecule has 33 heavy (non-hydrogen) atoms. The number of nitrogens with one attached hydrogen (secondary N) is 2. The Hall–Kier alpha value is -4.52. The van der Waals surface area contributed by atoms with E-state index in [1.807, 2.05) is 50.2 Å². The highest BCUT2D eigenvalue weighted by Crippen LogP contribution is 2.30. The number of rotatable bonds is 6. The fourth-order valence-electron chi connectivity index (χ4n) is 3.58. The first-order chi connectivity index (χ1) is 15.9. The topological polar surface area (TPSA) is 110 Å². The molecule has 0 aliphatic rings. The summed E-state index contributed by atoms with van der Waals surface area (Å²) in [6.07, 6.45) is 2.96. The molecule has 0 atom stereocenters. The maximum atomic E-state index is 11.8. The summed E-state index contributed by atoms with van der Waals surface area (Å²) in [4.78, 5) is 32.5. The fourth-order valence-corrected chi connectivity index (χ4v) is 3.58. The third kappa shape index (κ3) is 4.57. The van der Waals surface area contributed by atoms with Crippen molar-refractivity contribution in [1.82, 2.24) is 9.97 Å². The Morgan fingerprint density at radius 2 is 1.85 bits per heavy atom. The Morgan fingerprint density at radius 1 is 1.03 bits per heavy atom. The first kappa shape index (κ1) is 21.7. The van der Waals surface area contributed by atoms with Crippen LogP contribution in [0.3, 0.4) is 0 Å². The van der Waals surface area contributed by atoms with Crippen molar-refractivity contribution in [3.05, 3.63) is 90.1 Å². The average molecular weight is 438 g/mol. The highest BCUT2D eigenvalue weighted by atomic mass is 16.1. The van der Waals surface area contributed by atoms with Crippen molar-refractivity contribution in [2.75, 3.05) is 10.6 Å². The van der Waals surface area contributed by atoms with Gasteiger partial charge in [-0.1, -0.05) is 30.8 Å². The van der Waals surface area contributed by atoms with E-state index in [1.165, 1.54) is 6.08 Å². The average Bonchev–Trinajstić information content (AvgIpc) is 2.81. The van der Waals surface area contributed by atoms with Gasteiger partial charge in [0, 0.05) is 17.1 Å². The van der Waals surface area contributed by atoms with E-state index in [1.54, 1.807) is 24.4 Å². The van der Waals surface area contributed by atoms with Gasteiger partial charge in [0.25, 0.3) is 0 Å². The van der Waals surface area contributed by atoms with Gasteiger partial charge in [0.05, 0.1) is 16.9 Å². The zero-order chi connectivity index (χ0) is 23.5. The predicted octanol–water partition coefficient (Wildman–Crippen LogP) is 4.88. The highest BCUT2D eigenvalue weighted by Gasteiger charge is 2.11. The molecule has 0 bridgehead atoms. The Kier molecular flexibility index (Phi) is 5.87. The number of aryl methyl sites for hydroxylation is 2. The normalized spacial score (nSPS) is 10.6. The van der Waals surface area contributed by atoms with Gasteiger partial charge >= 0.3 is 0 Å². The van der Waals surface area contributed by atoms with E-state index in [2.05, 4.69) is 27.2 Å². The van der Waals surface area contributed by atoms with Crippen LogP contribution in [0.25, 0.3) is 22.0 Å². The molecule has 1 aromatic heterocycles. The first-order valence-corrected chi connectivity index (χ1v) is 10.3. The fraction of sp³-hybridized carbons (Fsp3) is 0.0769. The Balaban J connectivity index is 1.68. The van der Waals surface area contributed by atoms with Crippen molar-refractivity contribution in [2.45, 2.75) is 13.8 Å². The lowest BCUT2D eigenvalue weighted by Crippen LogP contribution is -2.11. The summed E-state index contributed by atoms with van der Waals surface area (Å²) in [7, 11) is 0. The van der Waals surface area contributed by atoms with Gasteiger partial charge in [-0.15, -0.1) is 0 Å². The molecule has 7 nitrogen and oxygen atoms in total. The Morgan fingerprint density at radius 3 is 2.61 bits per heavy atom. The molecule has 3 aromatic carbocycles. The zero-order valence-electron chi connectivity index (χ0n) is 18.3. The van der Waals surface area contributed by atoms with Crippen LogP contribution in [0.1, 0.15) is 21.5 Å². The number of aromatic nitrogens is 2. The number of amides is 2. The van der Waals surface area contributed by atoms with Crippen LogP contribution in [0.5, 0.6) is 0 Å². The van der Waals surface area contributed by atoms with E-state index in [0.29, 0.717) is 22.9 Å². The molecule has 0 fully saturated rings. The molecule has 0 saturated carbocycles. The standard InChI is InChI=1S/C26H23N5O2/c1-4-23(32)29-22-7-5-6-16(3)24(22)31-26-28-14-19-12-17(10-11-21(19)30-26)20-13-18(25(27)33)9-8-15(20)2/h4-14H,1H2,2-3H3,(H2,27,33)(H,29,32)(H,28,30,31). The van der Waals surface area contributed by atoms with Crippen molar-refractivity contribution in [2.24, 2.45) is 5.73 Å². The summed E-state index contributed by atoms with van der Waals surface area (Å²) in [6.45, 7) is 7.41. The molecule has 1 heterocycles. The number of fused-ring (bicyclic) bond motifs is 1. The third-order valence-electron chi connectivity index (χ3n) is 5.37. The zero-order valence-corrected chi connectivity index (χ0v) is 18.3. The number of nitrogens with zero attached hydrogens (tertiary/aromatic N) is 2. The van der Waals surface area contributed by atoms with Crippen LogP contribution < -0.4 is 16.4 Å². The first-order valence-electron chi connectivity index (χ1n) is 10.3. The van der Waals surface area contributed by atoms with Crippen LogP contribution in [0.15, 0.2) is 73.4 Å². The molecule has 7 heteroatoms. The van der Waals surface area contributed by atoms with Gasteiger partial charge in [-0.3, -0.25) is 9.59 Å². The Bertz CT molecular complexity index is 1410. The molecule has 0 radical (unpaired) electrons. The summed E-state index contributed by atoms with van der Waals surface area (Å²) in [5.74, 6) is -0.354. The molecule has 4 aromatic rings. The van der Waals surface area contributed by atoms with Gasteiger partial charge in [0.15, 0.2) is 0 Å². The molecular weight excluding hydrogens is 414 g/mol. The second-order valence-corrected chi connectivity index (χ2v) is 7.68. The van der Waals surface area contributed by atoms with Crippen LogP contribution in [-0.2, 0) is 4.79 Å². The molecule has 0 saturated heterocycles. The van der Waals surface area contributed by atoms with E-state index in [0.717, 1.165) is 33.2 Å². The summed E-state index contributed by atoms with van der Waals surface area (Å²) in [5, 5.41) is 6.86. The molecule has 164 valence electrons. The smallest absolute Gasteiger partial charge is 0.248 e. The minimum absolute atomic E-state index is 0.300. The predicted molar refractivity (Wildman–Crippen MR) is 132 cm³/mol. The minimum Gasteiger partial charge on any atom is -0.366 e. The number of benzene rings is 3. The second-order valence-electron chi connectivity index (χ2n) is 7.68. The van der Waals surface area contributed by atoms with E-state index in [4.69, 9.17) is 5.73 Å². The molecular formula is C26H23N5O2. The van der Waals surface area contributed by atoms with Crippen molar-refractivity contribution in [3.8, 4) is 11.1 Å². The summed E-state index contributed by atoms with van der Waals surface area (Å²) < 4.78 is 0. The lowest BCUT2D eigenvalue weighted by atomic mass is 9.97. The number of carbonyl (C=O) groups is 2. The van der Waals surface area contributed by atoms with E-state index in [-0.39, 0.29) is 5.91 Å². The Labute approximate surface area is 191 Å². The quantitative estimate of drug-likeness (QED) is 0.372. The number of carbonyl (C=O) groups excluding carboxylic acids is 2. The largest absolute Gasteiger partial charge is 0.366 e. The highest BCUT2D eigenvalue weighted by molar-refractivity contribution is 6.01. The maximum Gasteiger partial charge on any atom is 0.248 e. The molecule has 4 rings (SSSR count). The van der Waals surface area contributed by atoms with Crippen molar-refractivity contribution >= 4 is 40.0 Å². The number of primary amides is 1. The van der Waals surface area contributed by atoms with Crippen molar-refractivity contribution in [3.63, 3.8) is 0 Å². The number of nitrogens with two attached hydrogens (primary N) is 1. The molecule has 2 amide bonds. The van der Waals surface area contributed by atoms with E-state index < -0.39 is 5.91 Å². The molecule has 4 N–H and O–H groups in total. The van der Waals surface area contributed by atoms with Gasteiger partial charge < -0.3 is 16.4 Å². The molecule has 0 aliphatic carbocycles. The molecule has 0 unspecified atom stereocenters. The maximum absolute atomic E-state index is 11.8. The van der Waals surface area contributed by atoms with Crippen LogP contribution in [-0.4, -0.2) is 21.8 Å². The monoisotopic (exact) mass is 437 g/mol. The molecule has 0 spiro atoms. The number of hydrogen-bond acceptors (Lipinski definition) is 5. The van der Waals surface area contributed by atoms with Crippen molar-refractivity contribution in [1.29, 1.82) is 0 Å². The number of para-hydroxylation sites is 1. The SMILES string of the molecule is C=CC(=O)Nc1cccc(C)c1Nc1ncc2cc(-c3cc(C(N)=O)ccc3C)ccc2n1. The van der Waals surface area contributed by atoms with Gasteiger partial charge in [0.1, 0.15) is 0 Å². The van der Waals surface area contributed by atoms with E-state index in [9.17, 15) is 9.59 Å². The second kappa shape index (κ2) is 8.92. The minimum atomic E-state index is -0.462. The summed E-state index contributed by atoms with van der Waals surface area (Å²) in [6, 6.07) is 16.8. The van der Waals surface area contributed by atoms with Crippen molar-refractivity contribution < 1.29 is 9.59 Å². The number of hydrogen-bond donors (Lipinski definition) is 3. The van der Waals surface area contributed by atoms with Crippen LogP contribution >= 0.6 is 0 Å². The van der Waals surface area contributed by atoms with Gasteiger partial charge in [0.2, 0.25) is 17.8 Å². The van der Waals surface area contributed by atoms with Crippen LogP contribution in [0.4, 0.5) is 17.3 Å². The summed E-state index contributed by atoms with van der Waals surface area (Å²) >= 11 is 0. The van der Waals surface area contributed by atoms with Crippen LogP contribution in [0.2, 0.25) is 0 Å². The molecule has 0 aliphatic heterocycles. The third-order valence-corrected chi connectivity index (χ3v) is 5.37. The van der Waals surface area contributed by atoms with Gasteiger partial charge in [-0.05, 0) is 72.5 Å².